The van der Waals surface area contributed by atoms with Gasteiger partial charge in [0.15, 0.2) is 5.13 Å². The zero-order valence-electron chi connectivity index (χ0n) is 14.3. The van der Waals surface area contributed by atoms with Gasteiger partial charge in [-0.15, -0.1) is 11.3 Å². The van der Waals surface area contributed by atoms with Crippen molar-refractivity contribution >= 4 is 39.9 Å². The zero-order valence-corrected chi connectivity index (χ0v) is 15.9. The van der Waals surface area contributed by atoms with Crippen LogP contribution in [-0.2, 0) is 9.59 Å². The van der Waals surface area contributed by atoms with E-state index in [1.807, 2.05) is 23.6 Å². The molecule has 0 spiro atoms. The summed E-state index contributed by atoms with van der Waals surface area (Å²) < 4.78 is 0. The molecule has 1 aromatic heterocycles. The van der Waals surface area contributed by atoms with Crippen LogP contribution in [0, 0.1) is 11.8 Å². The molecule has 1 unspecified atom stereocenters. The summed E-state index contributed by atoms with van der Waals surface area (Å²) in [5.74, 6) is -1.57. The van der Waals surface area contributed by atoms with Crippen molar-refractivity contribution in [2.45, 2.75) is 38.5 Å². The monoisotopic (exact) mass is 392 g/mol. The number of rotatable bonds is 6. The minimum Gasteiger partial charge on any atom is -0.481 e. The third kappa shape index (κ3) is 4.62. The number of benzene rings is 1. The van der Waals surface area contributed by atoms with Gasteiger partial charge in [-0.2, -0.15) is 0 Å². The number of hydrogen-bond donors (Lipinski definition) is 2. The summed E-state index contributed by atoms with van der Waals surface area (Å²) in [7, 11) is 0. The van der Waals surface area contributed by atoms with E-state index in [4.69, 9.17) is 11.6 Å². The number of nitrogens with one attached hydrogen (secondary N) is 1. The lowest BCUT2D eigenvalue weighted by atomic mass is 9.78. The number of hydrogen-bond acceptors (Lipinski definition) is 4. The number of carbonyl (C=O) groups excluding carboxylic acids is 1. The minimum absolute atomic E-state index is 0.128. The van der Waals surface area contributed by atoms with E-state index in [0.29, 0.717) is 15.8 Å². The van der Waals surface area contributed by atoms with Crippen molar-refractivity contribution in [2.75, 3.05) is 5.32 Å². The zero-order chi connectivity index (χ0) is 18.5. The van der Waals surface area contributed by atoms with Crippen LogP contribution in [0.15, 0.2) is 29.6 Å². The molecule has 1 saturated carbocycles. The Labute approximate surface area is 161 Å². The fourth-order valence-corrected chi connectivity index (χ4v) is 4.47. The molecule has 3 rings (SSSR count). The molecule has 2 aromatic rings. The molecule has 1 atom stereocenters. The van der Waals surface area contributed by atoms with E-state index in [0.717, 1.165) is 37.7 Å². The standard InChI is InChI=1S/C19H21ClN2O3S/c20-15-9-5-4-8-13(15)16-11-26-19(21-16)22-18(25)14(10-17(23)24)12-6-2-1-3-7-12/h4-5,8-9,11-12,14H,1-3,6-7,10H2,(H,23,24)(H,21,22,25). The summed E-state index contributed by atoms with van der Waals surface area (Å²) in [6.07, 6.45) is 4.96. The van der Waals surface area contributed by atoms with Crippen molar-refractivity contribution in [1.29, 1.82) is 0 Å². The van der Waals surface area contributed by atoms with Gasteiger partial charge >= 0.3 is 5.97 Å². The lowest BCUT2D eigenvalue weighted by molar-refractivity contribution is -0.141. The summed E-state index contributed by atoms with van der Waals surface area (Å²) in [6, 6.07) is 7.39. The largest absolute Gasteiger partial charge is 0.481 e. The maximum absolute atomic E-state index is 12.7. The van der Waals surface area contributed by atoms with Crippen LogP contribution >= 0.6 is 22.9 Å². The van der Waals surface area contributed by atoms with Gasteiger partial charge in [0.25, 0.3) is 0 Å². The van der Waals surface area contributed by atoms with Crippen molar-refractivity contribution in [3.8, 4) is 11.3 Å². The maximum Gasteiger partial charge on any atom is 0.304 e. The predicted molar refractivity (Wildman–Crippen MR) is 104 cm³/mol. The molecule has 7 heteroatoms. The highest BCUT2D eigenvalue weighted by atomic mass is 35.5. The number of aliphatic carboxylic acids is 1. The quantitative estimate of drug-likeness (QED) is 0.718. The van der Waals surface area contributed by atoms with Crippen molar-refractivity contribution in [1.82, 2.24) is 4.98 Å². The average Bonchev–Trinajstić information content (AvgIpc) is 3.08. The third-order valence-corrected chi connectivity index (χ3v) is 5.92. The second kappa shape index (κ2) is 8.64. The Morgan fingerprint density at radius 3 is 2.69 bits per heavy atom. The molecule has 1 heterocycles. The third-order valence-electron chi connectivity index (χ3n) is 4.83. The molecule has 1 aliphatic rings. The molecule has 1 aromatic carbocycles. The maximum atomic E-state index is 12.7. The van der Waals surface area contributed by atoms with Crippen LogP contribution in [0.25, 0.3) is 11.3 Å². The van der Waals surface area contributed by atoms with Gasteiger partial charge in [-0.1, -0.05) is 49.1 Å². The van der Waals surface area contributed by atoms with Crippen LogP contribution in [0.5, 0.6) is 0 Å². The number of halogens is 1. The predicted octanol–water partition coefficient (Wildman–Crippen LogP) is 5.07. The normalized spacial score (nSPS) is 16.2. The van der Waals surface area contributed by atoms with E-state index < -0.39 is 11.9 Å². The first-order chi connectivity index (χ1) is 12.5. The van der Waals surface area contributed by atoms with Gasteiger partial charge in [-0.25, -0.2) is 4.98 Å². The van der Waals surface area contributed by atoms with E-state index in [9.17, 15) is 14.7 Å². The Morgan fingerprint density at radius 2 is 2.00 bits per heavy atom. The van der Waals surface area contributed by atoms with Gasteiger partial charge in [0.2, 0.25) is 5.91 Å². The fourth-order valence-electron chi connectivity index (χ4n) is 3.52. The number of aromatic nitrogens is 1. The molecule has 2 N–H and O–H groups in total. The Balaban J connectivity index is 1.73. The highest BCUT2D eigenvalue weighted by Gasteiger charge is 2.31. The van der Waals surface area contributed by atoms with Gasteiger partial charge in [-0.05, 0) is 24.8 Å². The number of thiazole rings is 1. The second-order valence-corrected chi connectivity index (χ2v) is 7.87. The molecule has 0 radical (unpaired) electrons. The molecule has 0 aliphatic heterocycles. The van der Waals surface area contributed by atoms with Gasteiger partial charge in [-0.3, -0.25) is 9.59 Å². The number of carbonyl (C=O) groups is 2. The van der Waals surface area contributed by atoms with Crippen molar-refractivity contribution in [3.05, 3.63) is 34.7 Å². The second-order valence-electron chi connectivity index (χ2n) is 6.61. The van der Waals surface area contributed by atoms with Gasteiger partial charge in [0.05, 0.1) is 18.0 Å². The number of carboxylic acid groups (broad SMARTS) is 1. The first kappa shape index (κ1) is 18.9. The number of amides is 1. The molecule has 1 aliphatic carbocycles. The number of nitrogens with zero attached hydrogens (tertiary/aromatic N) is 1. The van der Waals surface area contributed by atoms with E-state index in [1.54, 1.807) is 6.07 Å². The van der Waals surface area contributed by atoms with Crippen LogP contribution in [0.2, 0.25) is 5.02 Å². The van der Waals surface area contributed by atoms with Crippen LogP contribution < -0.4 is 5.32 Å². The van der Waals surface area contributed by atoms with Gasteiger partial charge in [0.1, 0.15) is 0 Å². The molecule has 1 fully saturated rings. The molecule has 0 bridgehead atoms. The summed E-state index contributed by atoms with van der Waals surface area (Å²) in [6.45, 7) is 0. The Morgan fingerprint density at radius 1 is 1.27 bits per heavy atom. The Kier molecular flexibility index (Phi) is 6.27. The fraction of sp³-hybridized carbons (Fsp3) is 0.421. The highest BCUT2D eigenvalue weighted by Crippen LogP contribution is 2.34. The SMILES string of the molecule is O=C(O)CC(C(=O)Nc1nc(-c2ccccc2Cl)cs1)C1CCCCC1. The summed E-state index contributed by atoms with van der Waals surface area (Å²) in [4.78, 5) is 28.4. The van der Waals surface area contributed by atoms with Crippen LogP contribution in [-0.4, -0.2) is 22.0 Å². The molecular formula is C19H21ClN2O3S. The van der Waals surface area contributed by atoms with Gasteiger partial charge in [0, 0.05) is 16.0 Å². The first-order valence-corrected chi connectivity index (χ1v) is 10.0. The van der Waals surface area contributed by atoms with Crippen LogP contribution in [0.1, 0.15) is 38.5 Å². The molecule has 26 heavy (non-hydrogen) atoms. The lowest BCUT2D eigenvalue weighted by Crippen LogP contribution is -2.32. The van der Waals surface area contributed by atoms with E-state index in [1.165, 1.54) is 11.3 Å². The topological polar surface area (TPSA) is 79.3 Å². The van der Waals surface area contributed by atoms with Crippen LogP contribution in [0.4, 0.5) is 5.13 Å². The van der Waals surface area contributed by atoms with E-state index >= 15 is 0 Å². The minimum atomic E-state index is -0.938. The lowest BCUT2D eigenvalue weighted by Gasteiger charge is -2.28. The van der Waals surface area contributed by atoms with Crippen LogP contribution in [0.3, 0.4) is 0 Å². The highest BCUT2D eigenvalue weighted by molar-refractivity contribution is 7.14. The number of anilines is 1. The smallest absolute Gasteiger partial charge is 0.304 e. The Hall–Kier alpha value is -1.92. The van der Waals surface area contributed by atoms with Crippen molar-refractivity contribution in [2.24, 2.45) is 11.8 Å². The number of carboxylic acids is 1. The summed E-state index contributed by atoms with van der Waals surface area (Å²) >= 11 is 7.51. The molecule has 0 saturated heterocycles. The van der Waals surface area contributed by atoms with Crippen molar-refractivity contribution in [3.63, 3.8) is 0 Å². The summed E-state index contributed by atoms with van der Waals surface area (Å²) in [5.41, 5.74) is 1.50. The molecule has 138 valence electrons. The Bertz CT molecular complexity index is 787. The molecule has 5 nitrogen and oxygen atoms in total. The molecular weight excluding hydrogens is 372 g/mol. The molecule has 1 amide bonds. The first-order valence-electron chi connectivity index (χ1n) is 8.77. The summed E-state index contributed by atoms with van der Waals surface area (Å²) in [5, 5.41) is 14.9. The van der Waals surface area contributed by atoms with E-state index in [-0.39, 0.29) is 18.2 Å². The van der Waals surface area contributed by atoms with Crippen molar-refractivity contribution < 1.29 is 14.7 Å². The van der Waals surface area contributed by atoms with E-state index in [2.05, 4.69) is 10.3 Å². The van der Waals surface area contributed by atoms with Gasteiger partial charge < -0.3 is 10.4 Å². The average molecular weight is 393 g/mol.